The summed E-state index contributed by atoms with van der Waals surface area (Å²) in [6, 6.07) is 14.2. The molecule has 0 saturated heterocycles. The van der Waals surface area contributed by atoms with Crippen LogP contribution in [0.3, 0.4) is 0 Å². The molecule has 3 rings (SSSR count). The van der Waals surface area contributed by atoms with Gasteiger partial charge in [0, 0.05) is 16.3 Å². The summed E-state index contributed by atoms with van der Waals surface area (Å²) in [6.45, 7) is 0. The van der Waals surface area contributed by atoms with Crippen molar-refractivity contribution in [3.05, 3.63) is 71.8 Å². The lowest BCUT2D eigenvalue weighted by molar-refractivity contribution is 0.102. The number of hydrogen-bond donors (Lipinski definition) is 1. The molecule has 0 unspecified atom stereocenters. The first kappa shape index (κ1) is 13.3. The number of nitrogens with zero attached hydrogens (tertiary/aromatic N) is 3. The van der Waals surface area contributed by atoms with Crippen LogP contribution in [0.1, 0.15) is 10.4 Å². The largest absolute Gasteiger partial charge is 0.322 e. The van der Waals surface area contributed by atoms with Crippen molar-refractivity contribution in [2.45, 2.75) is 0 Å². The van der Waals surface area contributed by atoms with Gasteiger partial charge in [-0.15, -0.1) is 10.2 Å². The zero-order valence-electron chi connectivity index (χ0n) is 10.9. The third kappa shape index (κ3) is 3.09. The Morgan fingerprint density at radius 1 is 1.05 bits per heavy atom. The standard InChI is InChI=1S/C15H11ClN4O/c16-12-4-1-3-11(7-12)15(21)19-13-5-2-6-14(8-13)20-9-17-18-10-20/h1-10H,(H,19,21). The van der Waals surface area contributed by atoms with E-state index in [0.717, 1.165) is 5.69 Å². The van der Waals surface area contributed by atoms with Crippen molar-refractivity contribution in [3.8, 4) is 5.69 Å². The summed E-state index contributed by atoms with van der Waals surface area (Å²) in [6.07, 6.45) is 3.19. The number of anilines is 1. The van der Waals surface area contributed by atoms with Gasteiger partial charge in [0.1, 0.15) is 12.7 Å². The van der Waals surface area contributed by atoms with Crippen LogP contribution >= 0.6 is 11.6 Å². The predicted octanol–water partition coefficient (Wildman–Crippen LogP) is 3.17. The van der Waals surface area contributed by atoms with Gasteiger partial charge in [0.2, 0.25) is 0 Å². The van der Waals surface area contributed by atoms with Gasteiger partial charge in [-0.1, -0.05) is 23.7 Å². The summed E-state index contributed by atoms with van der Waals surface area (Å²) in [5.41, 5.74) is 2.06. The molecule has 6 heteroatoms. The highest BCUT2D eigenvalue weighted by Crippen LogP contribution is 2.16. The average molecular weight is 299 g/mol. The lowest BCUT2D eigenvalue weighted by atomic mass is 10.2. The summed E-state index contributed by atoms with van der Waals surface area (Å²) < 4.78 is 1.76. The van der Waals surface area contributed by atoms with E-state index >= 15 is 0 Å². The van der Waals surface area contributed by atoms with Gasteiger partial charge in [-0.05, 0) is 36.4 Å². The van der Waals surface area contributed by atoms with Crippen LogP contribution in [0.2, 0.25) is 5.02 Å². The van der Waals surface area contributed by atoms with E-state index in [1.807, 2.05) is 24.3 Å². The number of rotatable bonds is 3. The first-order valence-electron chi connectivity index (χ1n) is 6.24. The lowest BCUT2D eigenvalue weighted by Crippen LogP contribution is -2.11. The monoisotopic (exact) mass is 298 g/mol. The average Bonchev–Trinajstić information content (AvgIpc) is 3.02. The number of aromatic nitrogens is 3. The van der Waals surface area contributed by atoms with Crippen molar-refractivity contribution >= 4 is 23.2 Å². The van der Waals surface area contributed by atoms with Gasteiger partial charge in [-0.3, -0.25) is 9.36 Å². The molecule has 0 bridgehead atoms. The highest BCUT2D eigenvalue weighted by Gasteiger charge is 2.07. The van der Waals surface area contributed by atoms with Crippen LogP contribution in [0.4, 0.5) is 5.69 Å². The van der Waals surface area contributed by atoms with Crippen LogP contribution in [0.25, 0.3) is 5.69 Å². The molecule has 0 atom stereocenters. The first-order valence-corrected chi connectivity index (χ1v) is 6.62. The summed E-state index contributed by atoms with van der Waals surface area (Å²) in [5, 5.41) is 10.9. The Morgan fingerprint density at radius 3 is 2.57 bits per heavy atom. The smallest absolute Gasteiger partial charge is 0.255 e. The Morgan fingerprint density at radius 2 is 1.81 bits per heavy atom. The van der Waals surface area contributed by atoms with Crippen molar-refractivity contribution in [3.63, 3.8) is 0 Å². The molecular weight excluding hydrogens is 288 g/mol. The fraction of sp³-hybridized carbons (Fsp3) is 0. The summed E-state index contributed by atoms with van der Waals surface area (Å²) in [5.74, 6) is -0.210. The maximum Gasteiger partial charge on any atom is 0.255 e. The number of amides is 1. The van der Waals surface area contributed by atoms with E-state index in [4.69, 9.17) is 11.6 Å². The molecule has 0 fully saturated rings. The fourth-order valence-corrected chi connectivity index (χ4v) is 2.10. The van der Waals surface area contributed by atoms with E-state index < -0.39 is 0 Å². The maximum absolute atomic E-state index is 12.2. The third-order valence-electron chi connectivity index (χ3n) is 2.91. The van der Waals surface area contributed by atoms with Crippen LogP contribution < -0.4 is 5.32 Å². The minimum atomic E-state index is -0.210. The summed E-state index contributed by atoms with van der Waals surface area (Å²) >= 11 is 5.89. The third-order valence-corrected chi connectivity index (χ3v) is 3.14. The molecule has 2 aromatic carbocycles. The van der Waals surface area contributed by atoms with Gasteiger partial charge < -0.3 is 5.32 Å². The number of nitrogens with one attached hydrogen (secondary N) is 1. The van der Waals surface area contributed by atoms with Crippen molar-refractivity contribution < 1.29 is 4.79 Å². The quantitative estimate of drug-likeness (QED) is 0.808. The topological polar surface area (TPSA) is 59.8 Å². The molecule has 0 spiro atoms. The Hall–Kier alpha value is -2.66. The van der Waals surface area contributed by atoms with Gasteiger partial charge in [0.15, 0.2) is 0 Å². The molecule has 0 aliphatic rings. The van der Waals surface area contributed by atoms with Crippen molar-refractivity contribution in [2.75, 3.05) is 5.32 Å². The highest BCUT2D eigenvalue weighted by atomic mass is 35.5. The molecule has 1 heterocycles. The molecule has 0 aliphatic carbocycles. The Bertz CT molecular complexity index is 771. The van der Waals surface area contributed by atoms with E-state index in [1.54, 1.807) is 41.5 Å². The van der Waals surface area contributed by atoms with Gasteiger partial charge >= 0.3 is 0 Å². The molecule has 0 radical (unpaired) electrons. The molecular formula is C15H11ClN4O. The SMILES string of the molecule is O=C(Nc1cccc(-n2cnnc2)c1)c1cccc(Cl)c1. The highest BCUT2D eigenvalue weighted by molar-refractivity contribution is 6.31. The number of carbonyl (C=O) groups is 1. The maximum atomic E-state index is 12.2. The molecule has 3 aromatic rings. The first-order chi connectivity index (χ1) is 10.2. The Kier molecular flexibility index (Phi) is 3.66. The summed E-state index contributed by atoms with van der Waals surface area (Å²) in [7, 11) is 0. The second-order valence-corrected chi connectivity index (χ2v) is 4.82. The zero-order chi connectivity index (χ0) is 14.7. The number of benzene rings is 2. The van der Waals surface area contributed by atoms with E-state index in [2.05, 4.69) is 15.5 Å². The second kappa shape index (κ2) is 5.76. The summed E-state index contributed by atoms with van der Waals surface area (Å²) in [4.78, 5) is 12.2. The number of carbonyl (C=O) groups excluding carboxylic acids is 1. The van der Waals surface area contributed by atoms with Gasteiger partial charge in [0.25, 0.3) is 5.91 Å². The zero-order valence-corrected chi connectivity index (χ0v) is 11.7. The second-order valence-electron chi connectivity index (χ2n) is 4.38. The number of halogens is 1. The molecule has 1 N–H and O–H groups in total. The van der Waals surface area contributed by atoms with Gasteiger partial charge in [-0.25, -0.2) is 0 Å². The van der Waals surface area contributed by atoms with E-state index in [0.29, 0.717) is 16.3 Å². The van der Waals surface area contributed by atoms with Gasteiger partial charge in [0.05, 0.1) is 5.69 Å². The van der Waals surface area contributed by atoms with Crippen molar-refractivity contribution in [2.24, 2.45) is 0 Å². The van der Waals surface area contributed by atoms with Crippen LogP contribution in [-0.2, 0) is 0 Å². The van der Waals surface area contributed by atoms with E-state index in [9.17, 15) is 4.79 Å². The molecule has 1 amide bonds. The molecule has 5 nitrogen and oxygen atoms in total. The van der Waals surface area contributed by atoms with Crippen LogP contribution in [0, 0.1) is 0 Å². The van der Waals surface area contributed by atoms with Crippen molar-refractivity contribution in [1.29, 1.82) is 0 Å². The molecule has 104 valence electrons. The Labute approximate surface area is 126 Å². The lowest BCUT2D eigenvalue weighted by Gasteiger charge is -2.08. The van der Waals surface area contributed by atoms with Crippen molar-refractivity contribution in [1.82, 2.24) is 14.8 Å². The van der Waals surface area contributed by atoms with E-state index in [-0.39, 0.29) is 5.91 Å². The normalized spacial score (nSPS) is 10.3. The van der Waals surface area contributed by atoms with Crippen LogP contribution in [0.5, 0.6) is 0 Å². The minimum absolute atomic E-state index is 0.210. The Balaban J connectivity index is 1.82. The predicted molar refractivity (Wildman–Crippen MR) is 80.8 cm³/mol. The van der Waals surface area contributed by atoms with Gasteiger partial charge in [-0.2, -0.15) is 0 Å². The molecule has 0 saturated carbocycles. The van der Waals surface area contributed by atoms with Crippen LogP contribution in [0.15, 0.2) is 61.2 Å². The van der Waals surface area contributed by atoms with E-state index in [1.165, 1.54) is 0 Å². The number of hydrogen-bond acceptors (Lipinski definition) is 3. The molecule has 1 aromatic heterocycles. The fourth-order valence-electron chi connectivity index (χ4n) is 1.91. The molecule has 21 heavy (non-hydrogen) atoms. The molecule has 0 aliphatic heterocycles. The van der Waals surface area contributed by atoms with Crippen LogP contribution in [-0.4, -0.2) is 20.7 Å². The minimum Gasteiger partial charge on any atom is -0.322 e.